The third-order valence-electron chi connectivity index (χ3n) is 6.43. The van der Waals surface area contributed by atoms with Gasteiger partial charge in [0.1, 0.15) is 17.3 Å². The largest absolute Gasteiger partial charge is 0.497 e. The van der Waals surface area contributed by atoms with Gasteiger partial charge in [-0.15, -0.1) is 0 Å². The number of benzene rings is 1. The van der Waals surface area contributed by atoms with E-state index < -0.39 is 5.97 Å². The number of carbonyl (C=O) groups is 2. The molecule has 1 amide bonds. The van der Waals surface area contributed by atoms with Crippen LogP contribution in [0, 0.1) is 5.92 Å². The summed E-state index contributed by atoms with van der Waals surface area (Å²) >= 11 is 0. The van der Waals surface area contributed by atoms with Crippen LogP contribution in [-0.4, -0.2) is 62.0 Å². The summed E-state index contributed by atoms with van der Waals surface area (Å²) in [5.41, 5.74) is 1.43. The van der Waals surface area contributed by atoms with Gasteiger partial charge in [-0.1, -0.05) is 6.07 Å². The van der Waals surface area contributed by atoms with Crippen LogP contribution < -0.4 is 15.0 Å². The van der Waals surface area contributed by atoms with Gasteiger partial charge in [-0.25, -0.2) is 9.78 Å². The molecule has 2 heterocycles. The van der Waals surface area contributed by atoms with E-state index in [9.17, 15) is 9.59 Å². The maximum absolute atomic E-state index is 12.7. The van der Waals surface area contributed by atoms with Crippen molar-refractivity contribution in [1.82, 2.24) is 4.98 Å². The zero-order chi connectivity index (χ0) is 25.5. The molecule has 1 atom stereocenters. The maximum atomic E-state index is 12.7. The Hall–Kier alpha value is -3.85. The summed E-state index contributed by atoms with van der Waals surface area (Å²) in [5, 5.41) is 12.0. The number of anilines is 2. The molecule has 190 valence electrons. The number of carboxylic acid groups (broad SMARTS) is 1. The summed E-state index contributed by atoms with van der Waals surface area (Å²) in [6.45, 7) is 2.24. The fourth-order valence-corrected chi connectivity index (χ4v) is 4.29. The number of hydrogen-bond donors (Lipinski definition) is 2. The van der Waals surface area contributed by atoms with Gasteiger partial charge in [0, 0.05) is 32.2 Å². The molecule has 0 radical (unpaired) electrons. The lowest BCUT2D eigenvalue weighted by molar-refractivity contribution is -0.113. The Bertz CT molecular complexity index is 1140. The minimum atomic E-state index is -0.963. The van der Waals surface area contributed by atoms with Crippen LogP contribution in [0.25, 0.3) is 0 Å². The SMILES string of the molecule is COC1=CC(OC)CC(C(=O)Nc2ccc(N3CCC(COc4cccc(C(=O)O)c4)CC3)nc2)=C1. The molecular formula is C27H31N3O6. The van der Waals surface area contributed by atoms with Crippen molar-refractivity contribution < 1.29 is 28.9 Å². The molecule has 1 saturated heterocycles. The number of ether oxygens (including phenoxy) is 3. The van der Waals surface area contributed by atoms with E-state index in [1.165, 1.54) is 0 Å². The van der Waals surface area contributed by atoms with Gasteiger partial charge >= 0.3 is 5.97 Å². The van der Waals surface area contributed by atoms with Crippen molar-refractivity contribution in [2.45, 2.75) is 25.4 Å². The highest BCUT2D eigenvalue weighted by molar-refractivity contribution is 6.04. The second-order valence-electron chi connectivity index (χ2n) is 8.85. The number of carboxylic acids is 1. The summed E-state index contributed by atoms with van der Waals surface area (Å²) in [7, 11) is 3.17. The number of pyridine rings is 1. The van der Waals surface area contributed by atoms with Gasteiger partial charge in [0.2, 0.25) is 0 Å². The number of hydrogen-bond acceptors (Lipinski definition) is 7. The number of nitrogens with one attached hydrogen (secondary N) is 1. The predicted octanol–water partition coefficient (Wildman–Crippen LogP) is 3.89. The summed E-state index contributed by atoms with van der Waals surface area (Å²) in [6.07, 6.45) is 7.41. The Morgan fingerprint density at radius 3 is 2.64 bits per heavy atom. The van der Waals surface area contributed by atoms with E-state index in [2.05, 4.69) is 15.2 Å². The quantitative estimate of drug-likeness (QED) is 0.541. The second kappa shape index (κ2) is 11.7. The Morgan fingerprint density at radius 1 is 1.17 bits per heavy atom. The first kappa shape index (κ1) is 25.2. The van der Waals surface area contributed by atoms with Crippen LogP contribution in [0.4, 0.5) is 11.5 Å². The highest BCUT2D eigenvalue weighted by Gasteiger charge is 2.22. The van der Waals surface area contributed by atoms with Crippen molar-refractivity contribution in [2.24, 2.45) is 5.92 Å². The summed E-state index contributed by atoms with van der Waals surface area (Å²) in [4.78, 5) is 30.6. The molecule has 1 unspecified atom stereocenters. The predicted molar refractivity (Wildman–Crippen MR) is 135 cm³/mol. The minimum Gasteiger partial charge on any atom is -0.497 e. The van der Waals surface area contributed by atoms with Crippen molar-refractivity contribution in [2.75, 3.05) is 44.1 Å². The fourth-order valence-electron chi connectivity index (χ4n) is 4.29. The molecule has 9 heteroatoms. The first-order chi connectivity index (χ1) is 17.4. The third-order valence-corrected chi connectivity index (χ3v) is 6.43. The van der Waals surface area contributed by atoms with E-state index >= 15 is 0 Å². The molecule has 9 nitrogen and oxygen atoms in total. The van der Waals surface area contributed by atoms with Crippen LogP contribution >= 0.6 is 0 Å². The molecule has 2 N–H and O–H groups in total. The molecule has 36 heavy (non-hydrogen) atoms. The normalized spacial score (nSPS) is 18.2. The number of rotatable bonds is 9. The standard InChI is InChI=1S/C27H31N3O6/c1-34-23-13-20(14-24(15-23)35-2)26(31)29-21-6-7-25(28-16-21)30-10-8-18(9-11-30)17-36-22-5-3-4-19(12-22)27(32)33/h3-7,12-13,15-16,18,24H,8-11,14,17H2,1-2H3,(H,29,31)(H,32,33). The van der Waals surface area contributed by atoms with Crippen LogP contribution in [0.2, 0.25) is 0 Å². The van der Waals surface area contributed by atoms with Gasteiger partial charge in [0.25, 0.3) is 5.91 Å². The van der Waals surface area contributed by atoms with E-state index in [4.69, 9.17) is 19.3 Å². The highest BCUT2D eigenvalue weighted by atomic mass is 16.5. The van der Waals surface area contributed by atoms with E-state index in [1.54, 1.807) is 50.8 Å². The molecule has 1 aromatic heterocycles. The van der Waals surface area contributed by atoms with Gasteiger partial charge in [-0.05, 0) is 61.2 Å². The Morgan fingerprint density at radius 2 is 1.97 bits per heavy atom. The molecule has 0 saturated carbocycles. The van der Waals surface area contributed by atoms with Gasteiger partial charge in [-0.2, -0.15) is 0 Å². The van der Waals surface area contributed by atoms with Crippen LogP contribution in [0.3, 0.4) is 0 Å². The number of piperidine rings is 1. The molecule has 0 bridgehead atoms. The number of nitrogens with zero attached hydrogens (tertiary/aromatic N) is 2. The van der Waals surface area contributed by atoms with E-state index in [0.717, 1.165) is 31.7 Å². The zero-order valence-corrected chi connectivity index (χ0v) is 20.5. The fraction of sp³-hybridized carbons (Fsp3) is 0.370. The number of methoxy groups -OCH3 is 2. The molecule has 1 fully saturated rings. The molecule has 0 spiro atoms. The van der Waals surface area contributed by atoms with Crippen LogP contribution in [0.5, 0.6) is 5.75 Å². The van der Waals surface area contributed by atoms with Crippen LogP contribution in [0.1, 0.15) is 29.6 Å². The van der Waals surface area contributed by atoms with Gasteiger partial charge in [-0.3, -0.25) is 4.79 Å². The van der Waals surface area contributed by atoms with Crippen molar-refractivity contribution in [3.8, 4) is 5.75 Å². The van der Waals surface area contributed by atoms with E-state index in [1.807, 2.05) is 18.2 Å². The lowest BCUT2D eigenvalue weighted by atomic mass is 9.98. The van der Waals surface area contributed by atoms with Gasteiger partial charge in [0.05, 0.1) is 37.3 Å². The Labute approximate surface area is 210 Å². The topological polar surface area (TPSA) is 110 Å². The summed E-state index contributed by atoms with van der Waals surface area (Å²) in [5.74, 6) is 1.27. The molecular weight excluding hydrogens is 462 g/mol. The molecule has 1 aliphatic heterocycles. The average molecular weight is 494 g/mol. The number of amides is 1. The molecule has 2 aromatic rings. The summed E-state index contributed by atoms with van der Waals surface area (Å²) in [6, 6.07) is 10.3. The molecule has 2 aliphatic rings. The number of allylic oxidation sites excluding steroid dienone is 1. The van der Waals surface area contributed by atoms with Crippen molar-refractivity contribution in [3.63, 3.8) is 0 Å². The number of aromatic carboxylic acids is 1. The molecule has 4 rings (SSSR count). The molecule has 1 aliphatic carbocycles. The lowest BCUT2D eigenvalue weighted by Crippen LogP contribution is -2.36. The zero-order valence-electron chi connectivity index (χ0n) is 20.5. The van der Waals surface area contributed by atoms with Crippen molar-refractivity contribution in [1.29, 1.82) is 0 Å². The highest BCUT2D eigenvalue weighted by Crippen LogP contribution is 2.25. The van der Waals surface area contributed by atoms with Gasteiger partial charge in [0.15, 0.2) is 0 Å². The summed E-state index contributed by atoms with van der Waals surface area (Å²) < 4.78 is 16.5. The number of carbonyl (C=O) groups excluding carboxylic acids is 1. The molecule has 1 aromatic carbocycles. The third kappa shape index (κ3) is 6.42. The van der Waals surface area contributed by atoms with E-state index in [0.29, 0.717) is 41.7 Å². The number of aromatic nitrogens is 1. The van der Waals surface area contributed by atoms with Crippen molar-refractivity contribution in [3.05, 3.63) is 71.6 Å². The van der Waals surface area contributed by atoms with E-state index in [-0.39, 0.29) is 17.6 Å². The minimum absolute atomic E-state index is 0.200. The second-order valence-corrected chi connectivity index (χ2v) is 8.85. The smallest absolute Gasteiger partial charge is 0.335 e. The van der Waals surface area contributed by atoms with Crippen molar-refractivity contribution >= 4 is 23.4 Å². The Kier molecular flexibility index (Phi) is 8.22. The lowest BCUT2D eigenvalue weighted by Gasteiger charge is -2.32. The maximum Gasteiger partial charge on any atom is 0.335 e. The van der Waals surface area contributed by atoms with Gasteiger partial charge < -0.3 is 29.5 Å². The van der Waals surface area contributed by atoms with Crippen LogP contribution in [-0.2, 0) is 14.3 Å². The van der Waals surface area contributed by atoms with Crippen LogP contribution in [0.15, 0.2) is 66.1 Å². The first-order valence-electron chi connectivity index (χ1n) is 11.9. The monoisotopic (exact) mass is 493 g/mol. The first-order valence-corrected chi connectivity index (χ1v) is 11.9. The average Bonchev–Trinajstić information content (AvgIpc) is 2.92. The Balaban J connectivity index is 1.26.